The van der Waals surface area contributed by atoms with Crippen LogP contribution in [0.4, 0.5) is 0 Å². The van der Waals surface area contributed by atoms with E-state index in [1.807, 2.05) is 7.05 Å². The van der Waals surface area contributed by atoms with Crippen LogP contribution in [0.3, 0.4) is 0 Å². The van der Waals surface area contributed by atoms with Gasteiger partial charge in [0, 0.05) is 24.2 Å². The molecule has 0 amide bonds. The Kier molecular flexibility index (Phi) is 4.73. The highest BCUT2D eigenvalue weighted by atomic mass is 16.5. The normalized spacial score (nSPS) is 25.3. The Morgan fingerprint density at radius 2 is 2.19 bits per heavy atom. The van der Waals surface area contributed by atoms with Crippen molar-refractivity contribution in [2.75, 3.05) is 40.0 Å². The van der Waals surface area contributed by atoms with Gasteiger partial charge in [0.2, 0.25) is 0 Å². The van der Waals surface area contributed by atoms with Gasteiger partial charge in [-0.25, -0.2) is 0 Å². The molecule has 1 saturated heterocycles. The van der Waals surface area contributed by atoms with Crippen molar-refractivity contribution in [2.24, 2.45) is 0 Å². The van der Waals surface area contributed by atoms with E-state index < -0.39 is 0 Å². The van der Waals surface area contributed by atoms with Crippen LogP contribution in [0.15, 0.2) is 0 Å². The molecule has 1 heterocycles. The molecular weight excluding hydrogens is 204 g/mol. The Morgan fingerprint density at radius 3 is 2.69 bits per heavy atom. The largest absolute Gasteiger partial charge is 0.394 e. The molecule has 4 nitrogen and oxygen atoms in total. The summed E-state index contributed by atoms with van der Waals surface area (Å²) in [4.78, 5) is 2.45. The fourth-order valence-corrected chi connectivity index (χ4v) is 1.97. The van der Waals surface area contributed by atoms with Crippen LogP contribution in [0, 0.1) is 0 Å². The van der Waals surface area contributed by atoms with Crippen LogP contribution in [0.25, 0.3) is 0 Å². The van der Waals surface area contributed by atoms with Crippen molar-refractivity contribution in [3.63, 3.8) is 0 Å². The number of aliphatic hydroxyl groups excluding tert-OH is 1. The molecule has 4 heteroatoms. The molecular formula is C12H26N2O2. The first kappa shape index (κ1) is 13.9. The van der Waals surface area contributed by atoms with Crippen molar-refractivity contribution in [2.45, 2.75) is 38.3 Å². The molecule has 2 N–H and O–H groups in total. The van der Waals surface area contributed by atoms with Gasteiger partial charge in [-0.15, -0.1) is 0 Å². The second kappa shape index (κ2) is 5.45. The smallest absolute Gasteiger partial charge is 0.0645 e. The number of ether oxygens (including phenoxy) is 1. The molecule has 1 aliphatic heterocycles. The maximum absolute atomic E-state index is 9.34. The summed E-state index contributed by atoms with van der Waals surface area (Å²) in [6.07, 6.45) is 0.948. The van der Waals surface area contributed by atoms with Crippen molar-refractivity contribution in [3.8, 4) is 0 Å². The maximum Gasteiger partial charge on any atom is 0.0645 e. The van der Waals surface area contributed by atoms with Gasteiger partial charge in [0.05, 0.1) is 19.8 Å². The van der Waals surface area contributed by atoms with E-state index in [1.165, 1.54) is 0 Å². The first-order valence-electron chi connectivity index (χ1n) is 6.06. The van der Waals surface area contributed by atoms with Crippen LogP contribution >= 0.6 is 0 Å². The van der Waals surface area contributed by atoms with Gasteiger partial charge in [0.25, 0.3) is 0 Å². The minimum atomic E-state index is -0.172. The monoisotopic (exact) mass is 230 g/mol. The molecule has 0 aromatic rings. The first-order chi connectivity index (χ1) is 7.43. The van der Waals surface area contributed by atoms with Gasteiger partial charge in [-0.1, -0.05) is 0 Å². The molecule has 1 unspecified atom stereocenters. The number of likely N-dealkylation sites (N-methyl/N-ethyl adjacent to an activating group) is 1. The van der Waals surface area contributed by atoms with E-state index in [4.69, 9.17) is 4.74 Å². The Bertz CT molecular complexity index is 215. The number of hydrogen-bond acceptors (Lipinski definition) is 4. The third-order valence-corrected chi connectivity index (χ3v) is 3.70. The molecule has 1 atom stereocenters. The lowest BCUT2D eigenvalue weighted by Gasteiger charge is -2.43. The average Bonchev–Trinajstić information content (AvgIpc) is 2.27. The topological polar surface area (TPSA) is 44.7 Å². The SMILES string of the molecule is CNC(C)(CO)CCN1CCOCC1(C)C. The van der Waals surface area contributed by atoms with E-state index in [-0.39, 0.29) is 17.7 Å². The summed E-state index contributed by atoms with van der Waals surface area (Å²) in [5.74, 6) is 0. The summed E-state index contributed by atoms with van der Waals surface area (Å²) in [5, 5.41) is 12.5. The third kappa shape index (κ3) is 3.42. The summed E-state index contributed by atoms with van der Waals surface area (Å²) in [5.41, 5.74) is -0.0588. The van der Waals surface area contributed by atoms with E-state index >= 15 is 0 Å². The second-order valence-electron chi connectivity index (χ2n) is 5.57. The summed E-state index contributed by atoms with van der Waals surface area (Å²) in [7, 11) is 1.90. The van der Waals surface area contributed by atoms with Gasteiger partial charge in [-0.2, -0.15) is 0 Å². The molecule has 0 spiro atoms. The molecule has 0 aromatic carbocycles. The average molecular weight is 230 g/mol. The minimum absolute atomic E-state index is 0.113. The van der Waals surface area contributed by atoms with Gasteiger partial charge in [0.1, 0.15) is 0 Å². The first-order valence-corrected chi connectivity index (χ1v) is 6.06. The van der Waals surface area contributed by atoms with Gasteiger partial charge < -0.3 is 15.2 Å². The van der Waals surface area contributed by atoms with E-state index in [9.17, 15) is 5.11 Å². The van der Waals surface area contributed by atoms with Crippen molar-refractivity contribution in [3.05, 3.63) is 0 Å². The predicted molar refractivity (Wildman–Crippen MR) is 65.6 cm³/mol. The lowest BCUT2D eigenvalue weighted by atomic mass is 9.96. The van der Waals surface area contributed by atoms with Crippen LogP contribution in [0.5, 0.6) is 0 Å². The number of nitrogens with one attached hydrogen (secondary N) is 1. The molecule has 96 valence electrons. The summed E-state index contributed by atoms with van der Waals surface area (Å²) >= 11 is 0. The maximum atomic E-state index is 9.34. The zero-order valence-corrected chi connectivity index (χ0v) is 11.0. The fraction of sp³-hybridized carbons (Fsp3) is 1.00. The molecule has 0 saturated carbocycles. The predicted octanol–water partition coefficient (Wildman–Crippen LogP) is 0.458. The highest BCUT2D eigenvalue weighted by Crippen LogP contribution is 2.20. The summed E-state index contributed by atoms with van der Waals surface area (Å²) in [6, 6.07) is 0. The minimum Gasteiger partial charge on any atom is -0.394 e. The van der Waals surface area contributed by atoms with Crippen molar-refractivity contribution < 1.29 is 9.84 Å². The number of nitrogens with zero attached hydrogens (tertiary/aromatic N) is 1. The molecule has 0 aromatic heterocycles. The Balaban J connectivity index is 2.47. The van der Waals surface area contributed by atoms with E-state index in [0.29, 0.717) is 0 Å². The van der Waals surface area contributed by atoms with Crippen molar-refractivity contribution in [1.82, 2.24) is 10.2 Å². The van der Waals surface area contributed by atoms with Crippen LogP contribution in [0.2, 0.25) is 0 Å². The van der Waals surface area contributed by atoms with Gasteiger partial charge >= 0.3 is 0 Å². The van der Waals surface area contributed by atoms with Gasteiger partial charge in [-0.3, -0.25) is 4.90 Å². The fourth-order valence-electron chi connectivity index (χ4n) is 1.97. The number of morpholine rings is 1. The summed E-state index contributed by atoms with van der Waals surface area (Å²) < 4.78 is 5.49. The molecule has 16 heavy (non-hydrogen) atoms. The highest BCUT2D eigenvalue weighted by Gasteiger charge is 2.32. The lowest BCUT2D eigenvalue weighted by molar-refractivity contribution is -0.0545. The molecule has 0 aliphatic carbocycles. The number of aliphatic hydroxyl groups is 1. The molecule has 1 fully saturated rings. The standard InChI is InChI=1S/C12H26N2O2/c1-11(2)10-16-8-7-14(11)6-5-12(3,9-15)13-4/h13,15H,5-10H2,1-4H3. The van der Waals surface area contributed by atoms with Crippen LogP contribution in [-0.4, -0.2) is 61.0 Å². The molecule has 0 bridgehead atoms. The van der Waals surface area contributed by atoms with E-state index in [2.05, 4.69) is 31.0 Å². The second-order valence-corrected chi connectivity index (χ2v) is 5.57. The Morgan fingerprint density at radius 1 is 1.50 bits per heavy atom. The van der Waals surface area contributed by atoms with Gasteiger partial charge in [-0.05, 0) is 34.2 Å². The van der Waals surface area contributed by atoms with E-state index in [1.54, 1.807) is 0 Å². The number of hydrogen-bond donors (Lipinski definition) is 2. The zero-order chi connectivity index (χ0) is 12.2. The summed E-state index contributed by atoms with van der Waals surface area (Å²) in [6.45, 7) is 10.2. The lowest BCUT2D eigenvalue weighted by Crippen LogP contribution is -2.55. The van der Waals surface area contributed by atoms with Crippen LogP contribution in [-0.2, 0) is 4.74 Å². The van der Waals surface area contributed by atoms with Crippen LogP contribution < -0.4 is 5.32 Å². The van der Waals surface area contributed by atoms with Crippen molar-refractivity contribution >= 4 is 0 Å². The molecule has 1 rings (SSSR count). The zero-order valence-electron chi connectivity index (χ0n) is 11.0. The Hall–Kier alpha value is -0.160. The highest BCUT2D eigenvalue weighted by molar-refractivity contribution is 4.88. The molecule has 1 aliphatic rings. The molecule has 0 radical (unpaired) electrons. The van der Waals surface area contributed by atoms with Gasteiger partial charge in [0.15, 0.2) is 0 Å². The van der Waals surface area contributed by atoms with Crippen molar-refractivity contribution in [1.29, 1.82) is 0 Å². The quantitative estimate of drug-likeness (QED) is 0.720. The number of rotatable bonds is 5. The Labute approximate surface area is 99.0 Å². The van der Waals surface area contributed by atoms with E-state index in [0.717, 1.165) is 32.7 Å². The third-order valence-electron chi connectivity index (χ3n) is 3.70. The van der Waals surface area contributed by atoms with Crippen LogP contribution in [0.1, 0.15) is 27.2 Å².